The number of hydrogen-bond acceptors (Lipinski definition) is 5. The zero-order chi connectivity index (χ0) is 12.5. The maximum absolute atomic E-state index is 11.1. The molecule has 0 aliphatic carbocycles. The largest absolute Gasteiger partial charge is 0.354 e. The Morgan fingerprint density at radius 3 is 2.94 bits per heavy atom. The van der Waals surface area contributed by atoms with Crippen molar-refractivity contribution in [2.24, 2.45) is 0 Å². The van der Waals surface area contributed by atoms with Crippen LogP contribution in [0.25, 0.3) is 0 Å². The lowest BCUT2D eigenvalue weighted by Gasteiger charge is -2.38. The maximum atomic E-state index is 11.1. The highest BCUT2D eigenvalue weighted by Gasteiger charge is 2.29. The summed E-state index contributed by atoms with van der Waals surface area (Å²) in [5.74, 6) is 1.67. The van der Waals surface area contributed by atoms with Crippen LogP contribution in [-0.2, 0) is 0 Å². The monoisotopic (exact) mass is 271 g/mol. The van der Waals surface area contributed by atoms with Crippen LogP contribution >= 0.6 is 23.4 Å². The molecule has 92 valence electrons. The standard InChI is InChI=1S/C11H14ClN3OS/c1-11(2)6-15(3-4-17-11)10-8(5-16)9(12)13-7-14-10/h5,7H,3-4,6H2,1-2H3. The highest BCUT2D eigenvalue weighted by molar-refractivity contribution is 8.00. The Morgan fingerprint density at radius 1 is 1.53 bits per heavy atom. The second-order valence-electron chi connectivity index (χ2n) is 4.55. The van der Waals surface area contributed by atoms with E-state index in [0.717, 1.165) is 25.1 Å². The second kappa shape index (κ2) is 4.82. The predicted molar refractivity (Wildman–Crippen MR) is 71.2 cm³/mol. The smallest absolute Gasteiger partial charge is 0.156 e. The van der Waals surface area contributed by atoms with Crippen molar-refractivity contribution >= 4 is 35.5 Å². The van der Waals surface area contributed by atoms with Crippen LogP contribution in [0.4, 0.5) is 5.82 Å². The van der Waals surface area contributed by atoms with Gasteiger partial charge in [-0.1, -0.05) is 11.6 Å². The molecule has 0 spiro atoms. The van der Waals surface area contributed by atoms with Gasteiger partial charge in [-0.25, -0.2) is 9.97 Å². The van der Waals surface area contributed by atoms with E-state index in [9.17, 15) is 4.79 Å². The summed E-state index contributed by atoms with van der Waals surface area (Å²) >= 11 is 7.84. The van der Waals surface area contributed by atoms with Crippen LogP contribution in [0.1, 0.15) is 24.2 Å². The SMILES string of the molecule is CC1(C)CN(c2ncnc(Cl)c2C=O)CCS1. The number of carbonyl (C=O) groups excluding carboxylic acids is 1. The van der Waals surface area contributed by atoms with Crippen molar-refractivity contribution in [2.75, 3.05) is 23.7 Å². The first-order valence-corrected chi connectivity index (χ1v) is 6.74. The van der Waals surface area contributed by atoms with E-state index >= 15 is 0 Å². The lowest BCUT2D eigenvalue weighted by Crippen LogP contribution is -2.44. The second-order valence-corrected chi connectivity index (χ2v) is 6.71. The van der Waals surface area contributed by atoms with Gasteiger partial charge < -0.3 is 4.90 Å². The van der Waals surface area contributed by atoms with E-state index in [0.29, 0.717) is 11.4 Å². The highest BCUT2D eigenvalue weighted by atomic mass is 35.5. The molecule has 0 amide bonds. The molecule has 6 heteroatoms. The molecule has 0 saturated carbocycles. The van der Waals surface area contributed by atoms with Crippen LogP contribution in [0.15, 0.2) is 6.33 Å². The first-order valence-electron chi connectivity index (χ1n) is 5.38. The number of thioether (sulfide) groups is 1. The number of rotatable bonds is 2. The minimum absolute atomic E-state index is 0.163. The molecule has 1 aromatic heterocycles. The lowest BCUT2D eigenvalue weighted by molar-refractivity contribution is 0.112. The van der Waals surface area contributed by atoms with Crippen LogP contribution in [0.2, 0.25) is 5.15 Å². The molecule has 1 aromatic rings. The maximum Gasteiger partial charge on any atom is 0.156 e. The topological polar surface area (TPSA) is 46.1 Å². The van der Waals surface area contributed by atoms with Gasteiger partial charge in [0.1, 0.15) is 17.3 Å². The molecule has 4 nitrogen and oxygen atoms in total. The average Bonchev–Trinajstić information content (AvgIpc) is 2.27. The van der Waals surface area contributed by atoms with Crippen LogP contribution in [0.5, 0.6) is 0 Å². The number of nitrogens with zero attached hydrogens (tertiary/aromatic N) is 3. The molecule has 1 saturated heterocycles. The Bertz CT molecular complexity index is 439. The highest BCUT2D eigenvalue weighted by Crippen LogP contribution is 2.33. The Balaban J connectivity index is 2.34. The van der Waals surface area contributed by atoms with Crippen molar-refractivity contribution < 1.29 is 4.79 Å². The van der Waals surface area contributed by atoms with Crippen LogP contribution < -0.4 is 4.90 Å². The zero-order valence-corrected chi connectivity index (χ0v) is 11.4. The van der Waals surface area contributed by atoms with Gasteiger partial charge in [0, 0.05) is 23.6 Å². The number of aldehydes is 1. The van der Waals surface area contributed by atoms with Crippen LogP contribution in [0, 0.1) is 0 Å². The molecule has 2 heterocycles. The summed E-state index contributed by atoms with van der Waals surface area (Å²) in [6, 6.07) is 0. The Labute approximate surface area is 110 Å². The van der Waals surface area contributed by atoms with Crippen molar-refractivity contribution in [3.63, 3.8) is 0 Å². The molecular formula is C11H14ClN3OS. The van der Waals surface area contributed by atoms with Gasteiger partial charge in [0.2, 0.25) is 0 Å². The number of halogens is 1. The molecule has 0 bridgehead atoms. The van der Waals surface area contributed by atoms with Gasteiger partial charge in [-0.3, -0.25) is 4.79 Å². The third-order valence-electron chi connectivity index (χ3n) is 2.66. The molecule has 1 fully saturated rings. The number of carbonyl (C=O) groups is 1. The lowest BCUT2D eigenvalue weighted by atomic mass is 10.1. The first-order chi connectivity index (χ1) is 8.03. The number of anilines is 1. The summed E-state index contributed by atoms with van der Waals surface area (Å²) in [6.07, 6.45) is 2.13. The Morgan fingerprint density at radius 2 is 2.29 bits per heavy atom. The van der Waals surface area contributed by atoms with Gasteiger partial charge in [0.25, 0.3) is 0 Å². The van der Waals surface area contributed by atoms with E-state index in [1.165, 1.54) is 6.33 Å². The van der Waals surface area contributed by atoms with Crippen molar-refractivity contribution in [1.82, 2.24) is 9.97 Å². The van der Waals surface area contributed by atoms with E-state index in [1.54, 1.807) is 0 Å². The van der Waals surface area contributed by atoms with Gasteiger partial charge in [-0.05, 0) is 13.8 Å². The first kappa shape index (κ1) is 12.6. The fraction of sp³-hybridized carbons (Fsp3) is 0.545. The van der Waals surface area contributed by atoms with Crippen molar-refractivity contribution in [2.45, 2.75) is 18.6 Å². The number of aromatic nitrogens is 2. The van der Waals surface area contributed by atoms with Crippen LogP contribution in [-0.4, -0.2) is 39.8 Å². The number of hydrogen-bond donors (Lipinski definition) is 0. The summed E-state index contributed by atoms with van der Waals surface area (Å²) in [5, 5.41) is 0.223. The van der Waals surface area contributed by atoms with Gasteiger partial charge in [0.15, 0.2) is 6.29 Å². The molecule has 0 radical (unpaired) electrons. The summed E-state index contributed by atoms with van der Waals surface area (Å²) < 4.78 is 0.163. The Hall–Kier alpha value is -0.810. The average molecular weight is 272 g/mol. The summed E-state index contributed by atoms with van der Waals surface area (Å²) in [4.78, 5) is 21.2. The van der Waals surface area contributed by atoms with Crippen molar-refractivity contribution in [3.05, 3.63) is 17.0 Å². The van der Waals surface area contributed by atoms with E-state index in [-0.39, 0.29) is 9.90 Å². The van der Waals surface area contributed by atoms with Gasteiger partial charge in [-0.2, -0.15) is 11.8 Å². The quantitative estimate of drug-likeness (QED) is 0.610. The van der Waals surface area contributed by atoms with Gasteiger partial charge in [0.05, 0.1) is 5.56 Å². The van der Waals surface area contributed by atoms with E-state index in [4.69, 9.17) is 11.6 Å². The molecule has 2 rings (SSSR count). The molecular weight excluding hydrogens is 258 g/mol. The molecule has 1 aliphatic heterocycles. The van der Waals surface area contributed by atoms with Gasteiger partial charge >= 0.3 is 0 Å². The van der Waals surface area contributed by atoms with E-state index < -0.39 is 0 Å². The molecule has 0 atom stereocenters. The predicted octanol–water partition coefficient (Wildman–Crippen LogP) is 2.27. The Kier molecular flexibility index (Phi) is 3.58. The fourth-order valence-corrected chi connectivity index (χ4v) is 3.20. The summed E-state index contributed by atoms with van der Waals surface area (Å²) in [7, 11) is 0. The minimum atomic E-state index is 0.163. The summed E-state index contributed by atoms with van der Waals surface area (Å²) in [6.45, 7) is 6.11. The fourth-order valence-electron chi connectivity index (χ4n) is 1.92. The molecule has 0 unspecified atom stereocenters. The third-order valence-corrected chi connectivity index (χ3v) is 4.26. The van der Waals surface area contributed by atoms with E-state index in [1.807, 2.05) is 11.8 Å². The molecule has 0 N–H and O–H groups in total. The zero-order valence-electron chi connectivity index (χ0n) is 9.81. The van der Waals surface area contributed by atoms with Crippen molar-refractivity contribution in [3.8, 4) is 0 Å². The normalized spacial score (nSPS) is 19.1. The van der Waals surface area contributed by atoms with Crippen LogP contribution in [0.3, 0.4) is 0 Å². The van der Waals surface area contributed by atoms with Gasteiger partial charge in [-0.15, -0.1) is 0 Å². The third kappa shape index (κ3) is 2.72. The van der Waals surface area contributed by atoms with E-state index in [2.05, 4.69) is 28.7 Å². The molecule has 17 heavy (non-hydrogen) atoms. The summed E-state index contributed by atoms with van der Waals surface area (Å²) in [5.41, 5.74) is 0.386. The minimum Gasteiger partial charge on any atom is -0.354 e. The van der Waals surface area contributed by atoms with Crippen molar-refractivity contribution in [1.29, 1.82) is 0 Å². The molecule has 1 aliphatic rings. The molecule has 0 aromatic carbocycles.